The van der Waals surface area contributed by atoms with Crippen LogP contribution in [0.2, 0.25) is 5.82 Å². The van der Waals surface area contributed by atoms with E-state index in [4.69, 9.17) is 4.74 Å². The minimum absolute atomic E-state index is 0.0440. The fourth-order valence-corrected chi connectivity index (χ4v) is 3.95. The van der Waals surface area contributed by atoms with Gasteiger partial charge in [-0.1, -0.05) is 0 Å². The molecule has 2 rings (SSSR count). The van der Waals surface area contributed by atoms with Crippen molar-refractivity contribution in [3.63, 3.8) is 0 Å². The molecule has 2 aliphatic rings. The molecule has 0 unspecified atom stereocenters. The summed E-state index contributed by atoms with van der Waals surface area (Å²) in [6.45, 7) is 3.96. The summed E-state index contributed by atoms with van der Waals surface area (Å²) in [5.41, 5.74) is 0. The Labute approximate surface area is 84.9 Å². The summed E-state index contributed by atoms with van der Waals surface area (Å²) in [5, 5.41) is 0. The standard InChI is InChI=1S/C10H14O2Se/c1-6-8-4-5-10(12-8,13-3)7(2)9(6)11/h4-8H,1-3H3/t6-,7-,8-,10+/m1/s1. The summed E-state index contributed by atoms with van der Waals surface area (Å²) < 4.78 is 5.70. The van der Waals surface area contributed by atoms with Crippen LogP contribution in [0.3, 0.4) is 0 Å². The van der Waals surface area contributed by atoms with E-state index in [1.54, 1.807) is 0 Å². The molecule has 0 aromatic heterocycles. The zero-order chi connectivity index (χ0) is 9.64. The van der Waals surface area contributed by atoms with Crippen LogP contribution in [0.5, 0.6) is 0 Å². The molecule has 4 atom stereocenters. The van der Waals surface area contributed by atoms with Gasteiger partial charge in [0.05, 0.1) is 0 Å². The summed E-state index contributed by atoms with van der Waals surface area (Å²) >= 11 is 0.341. The van der Waals surface area contributed by atoms with E-state index in [0.29, 0.717) is 20.7 Å². The molecule has 2 nitrogen and oxygen atoms in total. The monoisotopic (exact) mass is 246 g/mol. The molecular formula is C10H14O2Se. The second-order valence-corrected chi connectivity index (χ2v) is 5.98. The first-order valence-corrected chi connectivity index (χ1v) is 7.14. The summed E-state index contributed by atoms with van der Waals surface area (Å²) in [4.78, 5) is 11.8. The van der Waals surface area contributed by atoms with Gasteiger partial charge in [0.2, 0.25) is 0 Å². The molecule has 1 fully saturated rings. The van der Waals surface area contributed by atoms with E-state index in [2.05, 4.69) is 18.0 Å². The Balaban J connectivity index is 2.36. The predicted octanol–water partition coefficient (Wildman–Crippen LogP) is 1.24. The number of carbonyl (C=O) groups is 1. The van der Waals surface area contributed by atoms with Gasteiger partial charge < -0.3 is 0 Å². The van der Waals surface area contributed by atoms with Gasteiger partial charge in [-0.2, -0.15) is 0 Å². The van der Waals surface area contributed by atoms with E-state index in [-0.39, 0.29) is 22.4 Å². The number of ketones is 1. The Kier molecular flexibility index (Phi) is 2.14. The van der Waals surface area contributed by atoms with Crippen molar-refractivity contribution in [2.75, 3.05) is 0 Å². The molecule has 2 aliphatic heterocycles. The van der Waals surface area contributed by atoms with Crippen LogP contribution in [0, 0.1) is 11.8 Å². The van der Waals surface area contributed by atoms with Crippen LogP contribution in [-0.2, 0) is 9.53 Å². The molecule has 0 radical (unpaired) electrons. The van der Waals surface area contributed by atoms with Crippen molar-refractivity contribution in [3.8, 4) is 0 Å². The average Bonchev–Trinajstić information content (AvgIpc) is 2.55. The van der Waals surface area contributed by atoms with Crippen LogP contribution in [0.1, 0.15) is 13.8 Å². The first-order valence-electron chi connectivity index (χ1n) is 4.57. The molecule has 0 spiro atoms. The van der Waals surface area contributed by atoms with Gasteiger partial charge in [0.25, 0.3) is 0 Å². The maximum absolute atomic E-state index is 11.8. The maximum atomic E-state index is 11.8. The normalized spacial score (nSPS) is 48.5. The van der Waals surface area contributed by atoms with Crippen molar-refractivity contribution >= 4 is 20.7 Å². The molecule has 0 aromatic carbocycles. The molecule has 0 saturated carbocycles. The van der Waals surface area contributed by atoms with Gasteiger partial charge in [-0.15, -0.1) is 0 Å². The second-order valence-electron chi connectivity index (χ2n) is 3.78. The van der Waals surface area contributed by atoms with Crippen LogP contribution >= 0.6 is 0 Å². The molecular weight excluding hydrogens is 231 g/mol. The van der Waals surface area contributed by atoms with E-state index in [1.165, 1.54) is 0 Å². The first-order chi connectivity index (χ1) is 6.10. The zero-order valence-corrected chi connectivity index (χ0v) is 9.82. The number of rotatable bonds is 1. The predicted molar refractivity (Wildman–Crippen MR) is 51.7 cm³/mol. The fraction of sp³-hybridized carbons (Fsp3) is 0.700. The first kappa shape index (κ1) is 9.44. The number of hydrogen-bond donors (Lipinski definition) is 0. The van der Waals surface area contributed by atoms with Crippen LogP contribution in [0.15, 0.2) is 12.2 Å². The summed E-state index contributed by atoms with van der Waals surface area (Å²) in [6.07, 6.45) is 4.23. The number of ether oxygens (including phenoxy) is 1. The Hall–Kier alpha value is -0.111. The number of Topliss-reactive ketones (excluding diaryl/α,β-unsaturated/α-hetero) is 1. The van der Waals surface area contributed by atoms with Crippen LogP contribution in [0.4, 0.5) is 0 Å². The number of fused-ring (bicyclic) bond motifs is 2. The number of hydrogen-bond acceptors (Lipinski definition) is 2. The molecule has 0 aromatic rings. The van der Waals surface area contributed by atoms with Gasteiger partial charge in [-0.05, 0) is 0 Å². The van der Waals surface area contributed by atoms with Crippen LogP contribution in [-0.4, -0.2) is 31.3 Å². The van der Waals surface area contributed by atoms with Crippen LogP contribution in [0.25, 0.3) is 0 Å². The van der Waals surface area contributed by atoms with Gasteiger partial charge in [0, 0.05) is 0 Å². The second kappa shape index (κ2) is 2.94. The molecule has 13 heavy (non-hydrogen) atoms. The van der Waals surface area contributed by atoms with Gasteiger partial charge in [-0.3, -0.25) is 0 Å². The van der Waals surface area contributed by atoms with Gasteiger partial charge in [-0.25, -0.2) is 0 Å². The van der Waals surface area contributed by atoms with Crippen molar-refractivity contribution < 1.29 is 9.53 Å². The summed E-state index contributed by atoms with van der Waals surface area (Å²) in [7, 11) is 0. The third kappa shape index (κ3) is 1.14. The van der Waals surface area contributed by atoms with Gasteiger partial charge in [0.15, 0.2) is 0 Å². The Morgan fingerprint density at radius 3 is 2.85 bits per heavy atom. The average molecular weight is 245 g/mol. The van der Waals surface area contributed by atoms with Crippen molar-refractivity contribution in [1.82, 2.24) is 0 Å². The minimum atomic E-state index is -0.221. The van der Waals surface area contributed by atoms with E-state index >= 15 is 0 Å². The summed E-state index contributed by atoms with van der Waals surface area (Å²) in [5.74, 6) is 2.59. The third-order valence-electron chi connectivity index (χ3n) is 3.13. The molecule has 2 bridgehead atoms. The molecule has 3 heteroatoms. The van der Waals surface area contributed by atoms with E-state index in [0.717, 1.165) is 0 Å². The van der Waals surface area contributed by atoms with Gasteiger partial charge >= 0.3 is 84.5 Å². The Morgan fingerprint density at radius 1 is 1.54 bits per heavy atom. The van der Waals surface area contributed by atoms with Crippen molar-refractivity contribution in [1.29, 1.82) is 0 Å². The van der Waals surface area contributed by atoms with E-state index < -0.39 is 0 Å². The molecule has 0 N–H and O–H groups in total. The Morgan fingerprint density at radius 2 is 2.23 bits per heavy atom. The van der Waals surface area contributed by atoms with Crippen molar-refractivity contribution in [2.45, 2.75) is 30.3 Å². The molecule has 2 heterocycles. The third-order valence-corrected chi connectivity index (χ3v) is 5.70. The molecule has 0 amide bonds. The van der Waals surface area contributed by atoms with Crippen LogP contribution < -0.4 is 0 Å². The molecule has 72 valence electrons. The fourth-order valence-electron chi connectivity index (χ4n) is 2.08. The quantitative estimate of drug-likeness (QED) is 0.513. The van der Waals surface area contributed by atoms with E-state index in [1.807, 2.05) is 13.8 Å². The molecule has 1 saturated heterocycles. The van der Waals surface area contributed by atoms with Gasteiger partial charge in [0.1, 0.15) is 0 Å². The Bertz CT molecular complexity index is 274. The van der Waals surface area contributed by atoms with Crippen molar-refractivity contribution in [3.05, 3.63) is 12.2 Å². The SMILES string of the molecule is C[Se][C@]12C=C[C@@H](O1)[C@@H](C)C(=O)[C@H]2C. The number of carbonyl (C=O) groups excluding carboxylic acids is 1. The molecule has 0 aliphatic carbocycles. The summed E-state index contributed by atoms with van der Waals surface area (Å²) in [6, 6.07) is 0. The van der Waals surface area contributed by atoms with E-state index in [9.17, 15) is 4.79 Å². The van der Waals surface area contributed by atoms with Crippen molar-refractivity contribution in [2.24, 2.45) is 11.8 Å². The topological polar surface area (TPSA) is 26.3 Å². The zero-order valence-electron chi connectivity index (χ0n) is 8.11.